The van der Waals surface area contributed by atoms with Gasteiger partial charge in [-0.05, 0) is 23.0 Å². The summed E-state index contributed by atoms with van der Waals surface area (Å²) in [4.78, 5) is 0. The fraction of sp³-hybridized carbons (Fsp3) is 1.00. The molecule has 2 atom stereocenters. The highest BCUT2D eigenvalue weighted by Gasteiger charge is 2.46. The van der Waals surface area contributed by atoms with Crippen molar-refractivity contribution in [2.45, 2.75) is 41.5 Å². The predicted molar refractivity (Wildman–Crippen MR) is 136 cm³/mol. The smallest absolute Gasteiger partial charge is 0.169 e. The standard InChI is InChI=1S/C12H30N3P3S6/c1-7-19-14-16(21-9-3)13-18(23-11-5,24-12-6)15(20-8-2)17(14)22-10-4/h7-12H2,1-6H3. The minimum Gasteiger partial charge on any atom is -0.215 e. The van der Waals surface area contributed by atoms with Crippen molar-refractivity contribution < 1.29 is 0 Å². The molecule has 0 saturated carbocycles. The van der Waals surface area contributed by atoms with Gasteiger partial charge in [0.25, 0.3) is 0 Å². The minimum atomic E-state index is -1.53. The summed E-state index contributed by atoms with van der Waals surface area (Å²) >= 11 is 12.5. The summed E-state index contributed by atoms with van der Waals surface area (Å²) in [7, 11) is -0.783. The lowest BCUT2D eigenvalue weighted by Gasteiger charge is -2.47. The number of hydrogen-bond acceptors (Lipinski definition) is 9. The van der Waals surface area contributed by atoms with Gasteiger partial charge in [-0.1, -0.05) is 99.6 Å². The predicted octanol–water partition coefficient (Wildman–Crippen LogP) is 9.35. The van der Waals surface area contributed by atoms with Crippen LogP contribution in [0.2, 0.25) is 0 Å². The van der Waals surface area contributed by atoms with Gasteiger partial charge in [-0.2, -0.15) is 7.69 Å². The van der Waals surface area contributed by atoms with Crippen molar-refractivity contribution in [2.24, 2.45) is 4.52 Å². The molecule has 24 heavy (non-hydrogen) atoms. The molecule has 2 unspecified atom stereocenters. The van der Waals surface area contributed by atoms with Crippen LogP contribution >= 0.6 is 89.9 Å². The van der Waals surface area contributed by atoms with Crippen LogP contribution in [0.1, 0.15) is 41.5 Å². The fourth-order valence-electron chi connectivity index (χ4n) is 1.77. The van der Waals surface area contributed by atoms with Crippen LogP contribution in [0.25, 0.3) is 0 Å². The molecule has 1 aliphatic heterocycles. The maximum Gasteiger partial charge on any atom is 0.169 e. The summed E-state index contributed by atoms with van der Waals surface area (Å²) in [6.07, 6.45) is 0. The van der Waals surface area contributed by atoms with Crippen molar-refractivity contribution in [3.05, 3.63) is 0 Å². The first-order valence-electron chi connectivity index (χ1n) is 8.27. The summed E-state index contributed by atoms with van der Waals surface area (Å²) in [6, 6.07) is 0. The van der Waals surface area contributed by atoms with Gasteiger partial charge < -0.3 is 0 Å². The van der Waals surface area contributed by atoms with Gasteiger partial charge in [0, 0.05) is 11.5 Å². The van der Waals surface area contributed by atoms with Crippen LogP contribution in [0.15, 0.2) is 4.52 Å². The van der Waals surface area contributed by atoms with Crippen molar-refractivity contribution >= 4 is 89.9 Å². The van der Waals surface area contributed by atoms with Gasteiger partial charge in [0.2, 0.25) is 0 Å². The van der Waals surface area contributed by atoms with Gasteiger partial charge in [0.05, 0.1) is 0 Å². The molecule has 0 fully saturated rings. The molecular weight excluding hydrogens is 471 g/mol. The molecule has 0 aromatic heterocycles. The van der Waals surface area contributed by atoms with Crippen molar-refractivity contribution in [1.29, 1.82) is 0 Å². The van der Waals surface area contributed by atoms with E-state index in [1.54, 1.807) is 0 Å². The topological polar surface area (TPSA) is 18.8 Å². The normalized spacial score (nSPS) is 24.9. The zero-order chi connectivity index (χ0) is 18.0. The van der Waals surface area contributed by atoms with Crippen LogP contribution < -0.4 is 0 Å². The summed E-state index contributed by atoms with van der Waals surface area (Å²) in [6.45, 7) is 13.7. The van der Waals surface area contributed by atoms with E-state index in [0.717, 1.165) is 28.8 Å². The number of rotatable bonds is 12. The van der Waals surface area contributed by atoms with E-state index in [2.05, 4.69) is 94.8 Å². The van der Waals surface area contributed by atoms with E-state index in [0.29, 0.717) is 0 Å². The van der Waals surface area contributed by atoms with Crippen molar-refractivity contribution in [2.75, 3.05) is 34.5 Å². The molecule has 1 heterocycles. The van der Waals surface area contributed by atoms with Gasteiger partial charge in [-0.15, -0.1) is 11.4 Å². The zero-order valence-corrected chi connectivity index (χ0v) is 23.0. The fourth-order valence-corrected chi connectivity index (χ4v) is 36.6. The third-order valence-corrected chi connectivity index (χ3v) is 30.4. The Morgan fingerprint density at radius 2 is 1.33 bits per heavy atom. The van der Waals surface area contributed by atoms with E-state index in [1.807, 2.05) is 23.9 Å². The highest BCUT2D eigenvalue weighted by Crippen LogP contribution is 2.93. The second-order valence-electron chi connectivity index (χ2n) is 4.10. The highest BCUT2D eigenvalue weighted by molar-refractivity contribution is 8.93. The quantitative estimate of drug-likeness (QED) is 0.192. The Kier molecular flexibility index (Phi) is 14.8. The third kappa shape index (κ3) is 6.87. The average Bonchev–Trinajstić information content (AvgIpc) is 2.55. The second-order valence-corrected chi connectivity index (χ2v) is 24.7. The van der Waals surface area contributed by atoms with E-state index in [-0.39, 0.29) is 7.42 Å². The Bertz CT molecular complexity index is 396. The van der Waals surface area contributed by atoms with Gasteiger partial charge in [-0.25, -0.2) is 4.52 Å². The summed E-state index contributed by atoms with van der Waals surface area (Å²) in [5, 5.41) is 0. The molecule has 0 spiro atoms. The van der Waals surface area contributed by atoms with Crippen molar-refractivity contribution in [3.8, 4) is 0 Å². The molecule has 0 aliphatic carbocycles. The maximum absolute atomic E-state index is 5.59. The highest BCUT2D eigenvalue weighted by atomic mass is 33.1. The molecule has 0 radical (unpaired) electrons. The summed E-state index contributed by atoms with van der Waals surface area (Å²) < 4.78 is 11.1. The molecule has 0 amide bonds. The van der Waals surface area contributed by atoms with E-state index in [9.17, 15) is 0 Å². The first-order valence-corrected chi connectivity index (χ1v) is 20.7. The monoisotopic (exact) mass is 501 g/mol. The Hall–Kier alpha value is 3.11. The molecule has 1 rings (SSSR count). The van der Waals surface area contributed by atoms with E-state index < -0.39 is 13.0 Å². The molecule has 0 aromatic carbocycles. The first-order chi connectivity index (χ1) is 11.6. The van der Waals surface area contributed by atoms with E-state index in [1.165, 1.54) is 5.75 Å². The Morgan fingerprint density at radius 1 is 0.750 bits per heavy atom. The molecule has 1 aliphatic rings. The Labute approximate surface area is 177 Å². The van der Waals surface area contributed by atoms with E-state index in [4.69, 9.17) is 4.52 Å². The van der Waals surface area contributed by atoms with Crippen LogP contribution in [0.4, 0.5) is 0 Å². The molecule has 0 aromatic rings. The van der Waals surface area contributed by atoms with E-state index >= 15 is 0 Å². The number of hydrogen-bond donors (Lipinski definition) is 0. The van der Waals surface area contributed by atoms with Gasteiger partial charge >= 0.3 is 0 Å². The molecule has 144 valence electrons. The molecular formula is C12H30N3P3S6. The van der Waals surface area contributed by atoms with Crippen LogP contribution in [-0.2, 0) is 0 Å². The van der Waals surface area contributed by atoms with Crippen molar-refractivity contribution in [1.82, 2.24) is 7.69 Å². The second kappa shape index (κ2) is 14.1. The van der Waals surface area contributed by atoms with Crippen LogP contribution in [0.3, 0.4) is 0 Å². The van der Waals surface area contributed by atoms with Crippen LogP contribution in [0, 0.1) is 0 Å². The lowest BCUT2D eigenvalue weighted by Crippen LogP contribution is -2.16. The summed E-state index contributed by atoms with van der Waals surface area (Å²) in [5.41, 5.74) is -1.53. The molecule has 12 heteroatoms. The van der Waals surface area contributed by atoms with Gasteiger partial charge in [0.1, 0.15) is 7.42 Å². The average molecular weight is 502 g/mol. The Balaban J connectivity index is 3.39. The largest absolute Gasteiger partial charge is 0.215 e. The Morgan fingerprint density at radius 3 is 1.79 bits per heavy atom. The lowest BCUT2D eigenvalue weighted by atomic mass is 11.0. The minimum absolute atomic E-state index is 0.341. The van der Waals surface area contributed by atoms with Gasteiger partial charge in [0.15, 0.2) is 13.0 Å². The van der Waals surface area contributed by atoms with Crippen LogP contribution in [-0.4, -0.2) is 42.2 Å². The van der Waals surface area contributed by atoms with Crippen LogP contribution in [0.5, 0.6) is 0 Å². The molecule has 3 nitrogen and oxygen atoms in total. The third-order valence-electron chi connectivity index (χ3n) is 2.42. The molecule has 0 bridgehead atoms. The zero-order valence-electron chi connectivity index (χ0n) is 15.4. The van der Waals surface area contributed by atoms with Gasteiger partial charge in [-0.3, -0.25) is 0 Å². The van der Waals surface area contributed by atoms with Crippen molar-refractivity contribution in [3.63, 3.8) is 0 Å². The molecule has 0 N–H and O–H groups in total. The lowest BCUT2D eigenvalue weighted by molar-refractivity contribution is 1.08. The molecule has 0 saturated heterocycles. The summed E-state index contributed by atoms with van der Waals surface area (Å²) in [5.74, 6) is 6.93. The number of nitrogens with zero attached hydrogens (tertiary/aromatic N) is 3. The first kappa shape index (κ1) is 25.1. The maximum atomic E-state index is 5.59. The SMILES string of the molecule is CCSN1P(SCC)N=P(SCC)(SCC)N(SCC)P1SCC.